The zero-order valence-electron chi connectivity index (χ0n) is 10.2. The molecule has 0 saturated carbocycles. The summed E-state index contributed by atoms with van der Waals surface area (Å²) in [4.78, 5) is 20.9. The number of aromatic carboxylic acids is 1. The fourth-order valence-corrected chi connectivity index (χ4v) is 3.20. The molecule has 0 radical (unpaired) electrons. The van der Waals surface area contributed by atoms with E-state index >= 15 is 0 Å². The third-order valence-corrected chi connectivity index (χ3v) is 4.16. The molecule has 0 amide bonds. The highest BCUT2D eigenvalue weighted by Gasteiger charge is 2.15. The van der Waals surface area contributed by atoms with E-state index in [1.807, 2.05) is 0 Å². The van der Waals surface area contributed by atoms with Crippen LogP contribution in [0, 0.1) is 0 Å². The topological polar surface area (TPSA) is 75.1 Å². The van der Waals surface area contributed by atoms with Gasteiger partial charge in [0.2, 0.25) is 0 Å². The van der Waals surface area contributed by atoms with Gasteiger partial charge in [-0.2, -0.15) is 0 Å². The lowest BCUT2D eigenvalue weighted by molar-refractivity contribution is 0.0697. The Bertz CT molecular complexity index is 601. The fourth-order valence-electron chi connectivity index (χ4n) is 2.15. The first kappa shape index (κ1) is 12.1. The van der Waals surface area contributed by atoms with Gasteiger partial charge < -0.3 is 10.4 Å². The maximum atomic E-state index is 10.9. The third-order valence-electron chi connectivity index (χ3n) is 3.09. The van der Waals surface area contributed by atoms with Crippen LogP contribution >= 0.6 is 11.3 Å². The number of nitrogens with one attached hydrogen (secondary N) is 1. The van der Waals surface area contributed by atoms with Gasteiger partial charge in [-0.05, 0) is 37.8 Å². The lowest BCUT2D eigenvalue weighted by atomic mass is 10.0. The van der Waals surface area contributed by atoms with E-state index in [4.69, 9.17) is 5.11 Å². The molecule has 98 valence electrons. The Kier molecular flexibility index (Phi) is 3.16. The van der Waals surface area contributed by atoms with Crippen LogP contribution in [0.5, 0.6) is 0 Å². The lowest BCUT2D eigenvalue weighted by Crippen LogP contribution is -2.00. The molecule has 0 aromatic carbocycles. The second-order valence-corrected chi connectivity index (χ2v) is 5.54. The van der Waals surface area contributed by atoms with Crippen molar-refractivity contribution in [3.8, 4) is 0 Å². The standard InChI is InChI=1S/C13H13N3O2S/c17-12(18)8-5-6-14-11(7-8)16-13-15-9-3-1-2-4-10(9)19-13/h5-7H,1-4H2,(H,17,18)(H,14,15,16). The number of thiazole rings is 1. The number of rotatable bonds is 3. The quantitative estimate of drug-likeness (QED) is 0.901. The summed E-state index contributed by atoms with van der Waals surface area (Å²) in [5.41, 5.74) is 1.40. The minimum absolute atomic E-state index is 0.221. The highest BCUT2D eigenvalue weighted by molar-refractivity contribution is 7.15. The van der Waals surface area contributed by atoms with Gasteiger partial charge in [-0.15, -0.1) is 11.3 Å². The molecule has 0 bridgehead atoms. The molecule has 19 heavy (non-hydrogen) atoms. The van der Waals surface area contributed by atoms with Crippen LogP contribution in [0.4, 0.5) is 10.9 Å². The van der Waals surface area contributed by atoms with Crippen molar-refractivity contribution in [3.05, 3.63) is 34.5 Å². The Balaban J connectivity index is 1.83. The van der Waals surface area contributed by atoms with Crippen LogP contribution in [0.1, 0.15) is 33.8 Å². The normalized spacial score (nSPS) is 13.9. The molecule has 2 N–H and O–H groups in total. The van der Waals surface area contributed by atoms with Crippen LogP contribution in [0.2, 0.25) is 0 Å². The van der Waals surface area contributed by atoms with Crippen molar-refractivity contribution < 1.29 is 9.90 Å². The van der Waals surface area contributed by atoms with Crippen molar-refractivity contribution in [1.82, 2.24) is 9.97 Å². The minimum Gasteiger partial charge on any atom is -0.478 e. The molecule has 6 heteroatoms. The average molecular weight is 275 g/mol. The van der Waals surface area contributed by atoms with Gasteiger partial charge in [-0.3, -0.25) is 0 Å². The van der Waals surface area contributed by atoms with E-state index in [2.05, 4.69) is 15.3 Å². The SMILES string of the molecule is O=C(O)c1ccnc(Nc2nc3c(s2)CCCC3)c1. The van der Waals surface area contributed by atoms with Crippen molar-refractivity contribution in [2.45, 2.75) is 25.7 Å². The number of anilines is 2. The van der Waals surface area contributed by atoms with E-state index in [0.717, 1.165) is 18.0 Å². The van der Waals surface area contributed by atoms with Gasteiger partial charge in [0.25, 0.3) is 0 Å². The number of pyridine rings is 1. The number of carboxylic acid groups (broad SMARTS) is 1. The van der Waals surface area contributed by atoms with Gasteiger partial charge in [-0.25, -0.2) is 14.8 Å². The number of nitrogens with zero attached hydrogens (tertiary/aromatic N) is 2. The van der Waals surface area contributed by atoms with E-state index in [9.17, 15) is 4.79 Å². The van der Waals surface area contributed by atoms with Crippen molar-refractivity contribution >= 4 is 28.3 Å². The third kappa shape index (κ3) is 2.58. The molecule has 2 heterocycles. The smallest absolute Gasteiger partial charge is 0.335 e. The Morgan fingerprint density at radius 1 is 1.37 bits per heavy atom. The summed E-state index contributed by atoms with van der Waals surface area (Å²) in [6.07, 6.45) is 6.04. The molecule has 2 aromatic heterocycles. The van der Waals surface area contributed by atoms with Crippen LogP contribution in [0.25, 0.3) is 0 Å². The first-order chi connectivity index (χ1) is 9.22. The van der Waals surface area contributed by atoms with E-state index in [0.29, 0.717) is 5.82 Å². The zero-order chi connectivity index (χ0) is 13.2. The summed E-state index contributed by atoms with van der Waals surface area (Å²) in [6, 6.07) is 2.99. The predicted molar refractivity (Wildman–Crippen MR) is 73.2 cm³/mol. The van der Waals surface area contributed by atoms with Crippen LogP contribution in [-0.4, -0.2) is 21.0 Å². The van der Waals surface area contributed by atoms with Crippen molar-refractivity contribution in [1.29, 1.82) is 0 Å². The van der Waals surface area contributed by atoms with E-state index < -0.39 is 5.97 Å². The van der Waals surface area contributed by atoms with Gasteiger partial charge in [0.05, 0.1) is 11.3 Å². The summed E-state index contributed by atoms with van der Waals surface area (Å²) < 4.78 is 0. The van der Waals surface area contributed by atoms with Crippen molar-refractivity contribution in [3.63, 3.8) is 0 Å². The second-order valence-electron chi connectivity index (χ2n) is 4.46. The highest BCUT2D eigenvalue weighted by Crippen LogP contribution is 2.30. The number of fused-ring (bicyclic) bond motifs is 1. The molecule has 0 spiro atoms. The molecule has 2 aromatic rings. The van der Waals surface area contributed by atoms with Gasteiger partial charge >= 0.3 is 5.97 Å². The molecule has 1 aliphatic rings. The van der Waals surface area contributed by atoms with Crippen LogP contribution < -0.4 is 5.32 Å². The molecular weight excluding hydrogens is 262 g/mol. The predicted octanol–water partition coefficient (Wildman–Crippen LogP) is 2.86. The molecular formula is C13H13N3O2S. The first-order valence-electron chi connectivity index (χ1n) is 6.17. The van der Waals surface area contributed by atoms with Crippen molar-refractivity contribution in [2.24, 2.45) is 0 Å². The molecule has 0 unspecified atom stereocenters. The molecule has 0 fully saturated rings. The summed E-state index contributed by atoms with van der Waals surface area (Å²) in [5.74, 6) is -0.435. The fraction of sp³-hybridized carbons (Fsp3) is 0.308. The summed E-state index contributed by atoms with van der Waals surface area (Å²) in [6.45, 7) is 0. The number of hydrogen-bond acceptors (Lipinski definition) is 5. The molecule has 1 aliphatic carbocycles. The number of carbonyl (C=O) groups is 1. The number of carboxylic acids is 1. The van der Waals surface area contributed by atoms with Crippen LogP contribution in [0.3, 0.4) is 0 Å². The summed E-state index contributed by atoms with van der Waals surface area (Å²) in [7, 11) is 0. The molecule has 0 atom stereocenters. The number of aromatic nitrogens is 2. The first-order valence-corrected chi connectivity index (χ1v) is 6.99. The van der Waals surface area contributed by atoms with Crippen LogP contribution in [0.15, 0.2) is 18.3 Å². The lowest BCUT2D eigenvalue weighted by Gasteiger charge is -2.06. The molecule has 0 aliphatic heterocycles. The maximum absolute atomic E-state index is 10.9. The zero-order valence-corrected chi connectivity index (χ0v) is 11.0. The van der Waals surface area contributed by atoms with Crippen molar-refractivity contribution in [2.75, 3.05) is 5.32 Å². The maximum Gasteiger partial charge on any atom is 0.335 e. The molecule has 5 nitrogen and oxygen atoms in total. The number of aryl methyl sites for hydroxylation is 2. The van der Waals surface area contributed by atoms with Gasteiger partial charge in [0, 0.05) is 11.1 Å². The number of hydrogen-bond donors (Lipinski definition) is 2. The van der Waals surface area contributed by atoms with E-state index in [1.54, 1.807) is 11.3 Å². The second kappa shape index (κ2) is 4.97. The molecule has 3 rings (SSSR count). The molecule has 0 saturated heterocycles. The monoisotopic (exact) mass is 275 g/mol. The van der Waals surface area contributed by atoms with Gasteiger partial charge in [0.15, 0.2) is 5.13 Å². The summed E-state index contributed by atoms with van der Waals surface area (Å²) >= 11 is 1.63. The highest BCUT2D eigenvalue weighted by atomic mass is 32.1. The Labute approximate surface area is 114 Å². The van der Waals surface area contributed by atoms with Gasteiger partial charge in [-0.1, -0.05) is 0 Å². The Morgan fingerprint density at radius 3 is 3.00 bits per heavy atom. The summed E-state index contributed by atoms with van der Waals surface area (Å²) in [5, 5.41) is 12.8. The Hall–Kier alpha value is -1.95. The van der Waals surface area contributed by atoms with Gasteiger partial charge in [0.1, 0.15) is 5.82 Å². The average Bonchev–Trinajstić information content (AvgIpc) is 2.81. The Morgan fingerprint density at radius 2 is 2.21 bits per heavy atom. The van der Waals surface area contributed by atoms with E-state index in [-0.39, 0.29) is 5.56 Å². The van der Waals surface area contributed by atoms with E-state index in [1.165, 1.54) is 41.7 Å². The minimum atomic E-state index is -0.955. The largest absolute Gasteiger partial charge is 0.478 e. The van der Waals surface area contributed by atoms with Crippen LogP contribution in [-0.2, 0) is 12.8 Å².